The molecule has 1 atom stereocenters. The fourth-order valence-electron chi connectivity index (χ4n) is 5.64. The van der Waals surface area contributed by atoms with Crippen LogP contribution in [0.5, 0.6) is 0 Å². The molecule has 0 saturated carbocycles. The van der Waals surface area contributed by atoms with Gasteiger partial charge in [-0.3, -0.25) is 9.59 Å². The van der Waals surface area contributed by atoms with Crippen molar-refractivity contribution < 1.29 is 23.8 Å². The first-order valence-corrected chi connectivity index (χ1v) is 21.2. The van der Waals surface area contributed by atoms with Crippen molar-refractivity contribution in [2.45, 2.75) is 207 Å². The van der Waals surface area contributed by atoms with Crippen LogP contribution in [0, 0.1) is 0 Å². The number of hydrogen-bond donors (Lipinski definition) is 0. The smallest absolute Gasteiger partial charge is 0.306 e. The lowest BCUT2D eigenvalue weighted by Gasteiger charge is -2.18. The molecule has 0 aliphatic carbocycles. The summed E-state index contributed by atoms with van der Waals surface area (Å²) in [5, 5.41) is 0. The topological polar surface area (TPSA) is 61.8 Å². The summed E-state index contributed by atoms with van der Waals surface area (Å²) in [6, 6.07) is 0. The average Bonchev–Trinajstić information content (AvgIpc) is 3.11. The van der Waals surface area contributed by atoms with E-state index in [1.807, 2.05) is 0 Å². The summed E-state index contributed by atoms with van der Waals surface area (Å²) in [5.74, 6) is -0.431. The largest absolute Gasteiger partial charge is 0.462 e. The Balaban J connectivity index is 4.26. The molecule has 0 rings (SSSR count). The molecule has 5 nitrogen and oxygen atoms in total. The number of rotatable bonds is 38. The van der Waals surface area contributed by atoms with Gasteiger partial charge in [0, 0.05) is 19.4 Å². The van der Waals surface area contributed by atoms with Crippen LogP contribution < -0.4 is 0 Å². The number of ether oxygens (including phenoxy) is 3. The van der Waals surface area contributed by atoms with Crippen LogP contribution in [0.15, 0.2) is 48.6 Å². The van der Waals surface area contributed by atoms with Gasteiger partial charge in [0.1, 0.15) is 6.61 Å². The second kappa shape index (κ2) is 41.3. The van der Waals surface area contributed by atoms with Crippen LogP contribution >= 0.6 is 0 Å². The van der Waals surface area contributed by atoms with Gasteiger partial charge in [-0.1, -0.05) is 166 Å². The molecule has 5 heteroatoms. The van der Waals surface area contributed by atoms with E-state index in [2.05, 4.69) is 69.4 Å². The number of carbonyl (C=O) groups is 2. The normalized spacial score (nSPS) is 12.6. The van der Waals surface area contributed by atoms with Crippen molar-refractivity contribution in [1.82, 2.24) is 0 Å². The molecule has 0 aliphatic rings. The highest BCUT2D eigenvalue weighted by Crippen LogP contribution is 2.12. The molecule has 0 spiro atoms. The molecule has 0 aromatic heterocycles. The third-order valence-corrected chi connectivity index (χ3v) is 8.80. The summed E-state index contributed by atoms with van der Waals surface area (Å²) in [6.45, 7) is 7.65. The molecule has 0 aromatic rings. The van der Waals surface area contributed by atoms with Gasteiger partial charge in [-0.2, -0.15) is 0 Å². The van der Waals surface area contributed by atoms with E-state index in [9.17, 15) is 9.59 Å². The van der Waals surface area contributed by atoms with Gasteiger partial charge in [0.15, 0.2) is 6.10 Å². The Kier molecular flexibility index (Phi) is 39.5. The average molecular weight is 701 g/mol. The summed E-state index contributed by atoms with van der Waals surface area (Å²) in [5.41, 5.74) is 0. The van der Waals surface area contributed by atoms with Gasteiger partial charge in [0.2, 0.25) is 0 Å². The summed E-state index contributed by atoms with van der Waals surface area (Å²) in [6.07, 6.45) is 48.1. The maximum absolute atomic E-state index is 12.7. The predicted molar refractivity (Wildman–Crippen MR) is 215 cm³/mol. The lowest BCUT2D eigenvalue weighted by molar-refractivity contribution is -0.163. The highest BCUT2D eigenvalue weighted by atomic mass is 16.6. The number of esters is 2. The fraction of sp³-hybridized carbons (Fsp3) is 0.778. The van der Waals surface area contributed by atoms with Gasteiger partial charge < -0.3 is 14.2 Å². The molecule has 0 radical (unpaired) electrons. The summed E-state index contributed by atoms with van der Waals surface area (Å²) < 4.78 is 17.2. The Bertz CT molecular complexity index is 842. The molecule has 0 heterocycles. The van der Waals surface area contributed by atoms with Crippen LogP contribution in [0.25, 0.3) is 0 Å². The minimum atomic E-state index is -0.542. The molecule has 0 aromatic carbocycles. The fourth-order valence-corrected chi connectivity index (χ4v) is 5.64. The maximum atomic E-state index is 12.7. The van der Waals surface area contributed by atoms with Crippen LogP contribution in [0.2, 0.25) is 0 Å². The van der Waals surface area contributed by atoms with E-state index in [0.717, 1.165) is 77.0 Å². The molecule has 0 amide bonds. The third kappa shape index (κ3) is 38.7. The number of allylic oxidation sites excluding steroid dienone is 8. The van der Waals surface area contributed by atoms with Crippen LogP contribution in [0.1, 0.15) is 201 Å². The van der Waals surface area contributed by atoms with Crippen LogP contribution in [0.3, 0.4) is 0 Å². The van der Waals surface area contributed by atoms with E-state index in [1.165, 1.54) is 89.9 Å². The van der Waals surface area contributed by atoms with Crippen molar-refractivity contribution in [3.63, 3.8) is 0 Å². The Hall–Kier alpha value is -2.14. The molecular weight excluding hydrogens is 620 g/mol. The van der Waals surface area contributed by atoms with Crippen molar-refractivity contribution in [2.75, 3.05) is 19.8 Å². The standard InChI is InChI=1S/C45H80O5/c1-4-7-10-13-16-19-21-23-25-27-29-32-35-38-44(46)49-42-43(41-48-40-37-34-31-18-15-12-9-6-3)50-45(47)39-36-33-30-28-26-24-22-20-17-14-11-8-5-2/h10-11,13-14,19-22,43H,4-9,12,15-18,23-42H2,1-3H3/b13-10-,14-11-,21-19-,22-20-. The Labute approximate surface area is 310 Å². The first-order valence-electron chi connectivity index (χ1n) is 21.2. The minimum Gasteiger partial charge on any atom is -0.462 e. The van der Waals surface area contributed by atoms with Gasteiger partial charge in [-0.25, -0.2) is 0 Å². The quantitative estimate of drug-likeness (QED) is 0.0364. The Morgan fingerprint density at radius 1 is 0.440 bits per heavy atom. The lowest BCUT2D eigenvalue weighted by Crippen LogP contribution is -2.30. The monoisotopic (exact) mass is 701 g/mol. The predicted octanol–water partition coefficient (Wildman–Crippen LogP) is 13.7. The van der Waals surface area contributed by atoms with Crippen molar-refractivity contribution in [3.05, 3.63) is 48.6 Å². The van der Waals surface area contributed by atoms with Crippen molar-refractivity contribution in [1.29, 1.82) is 0 Å². The van der Waals surface area contributed by atoms with E-state index >= 15 is 0 Å². The zero-order valence-electron chi connectivity index (χ0n) is 33.2. The molecule has 0 bridgehead atoms. The Morgan fingerprint density at radius 2 is 0.880 bits per heavy atom. The van der Waals surface area contributed by atoms with E-state index in [4.69, 9.17) is 14.2 Å². The highest BCUT2D eigenvalue weighted by Gasteiger charge is 2.17. The molecule has 0 aliphatic heterocycles. The molecule has 0 N–H and O–H groups in total. The molecule has 0 saturated heterocycles. The van der Waals surface area contributed by atoms with Crippen LogP contribution in [-0.2, 0) is 23.8 Å². The molecule has 50 heavy (non-hydrogen) atoms. The number of unbranched alkanes of at least 4 members (excludes halogenated alkanes) is 19. The Morgan fingerprint density at radius 3 is 1.40 bits per heavy atom. The second-order valence-corrected chi connectivity index (χ2v) is 13.9. The number of hydrogen-bond acceptors (Lipinski definition) is 5. The van der Waals surface area contributed by atoms with E-state index in [1.54, 1.807) is 0 Å². The zero-order chi connectivity index (χ0) is 36.4. The lowest BCUT2D eigenvalue weighted by atomic mass is 10.1. The van der Waals surface area contributed by atoms with Crippen molar-refractivity contribution >= 4 is 11.9 Å². The summed E-state index contributed by atoms with van der Waals surface area (Å²) >= 11 is 0. The maximum Gasteiger partial charge on any atom is 0.306 e. The highest BCUT2D eigenvalue weighted by molar-refractivity contribution is 5.70. The minimum absolute atomic E-state index is 0.0733. The molecule has 1 unspecified atom stereocenters. The van der Waals surface area contributed by atoms with E-state index in [0.29, 0.717) is 19.4 Å². The van der Waals surface area contributed by atoms with E-state index in [-0.39, 0.29) is 25.2 Å². The van der Waals surface area contributed by atoms with Crippen molar-refractivity contribution in [2.24, 2.45) is 0 Å². The SMILES string of the molecule is CCC/C=C\C/C=C\CCCCCCCC(=O)OCC(COCCCCCCCCCC)OC(=O)CCCCCCC/C=C\C/C=C\CCC. The van der Waals surface area contributed by atoms with Gasteiger partial charge in [-0.05, 0) is 70.6 Å². The van der Waals surface area contributed by atoms with Gasteiger partial charge in [0.25, 0.3) is 0 Å². The van der Waals surface area contributed by atoms with Gasteiger partial charge in [0.05, 0.1) is 6.61 Å². The molecule has 290 valence electrons. The zero-order valence-corrected chi connectivity index (χ0v) is 33.2. The van der Waals surface area contributed by atoms with Gasteiger partial charge in [-0.15, -0.1) is 0 Å². The van der Waals surface area contributed by atoms with E-state index < -0.39 is 6.10 Å². The first kappa shape index (κ1) is 47.9. The second-order valence-electron chi connectivity index (χ2n) is 13.9. The summed E-state index contributed by atoms with van der Waals surface area (Å²) in [4.78, 5) is 25.1. The number of carbonyl (C=O) groups excluding carboxylic acids is 2. The van der Waals surface area contributed by atoms with Gasteiger partial charge >= 0.3 is 11.9 Å². The van der Waals surface area contributed by atoms with Crippen LogP contribution in [0.4, 0.5) is 0 Å². The molecule has 0 fully saturated rings. The third-order valence-electron chi connectivity index (χ3n) is 8.80. The summed E-state index contributed by atoms with van der Waals surface area (Å²) in [7, 11) is 0. The molecular formula is C45H80O5. The van der Waals surface area contributed by atoms with Crippen molar-refractivity contribution in [3.8, 4) is 0 Å². The van der Waals surface area contributed by atoms with Crippen LogP contribution in [-0.4, -0.2) is 37.9 Å². The first-order chi connectivity index (χ1) is 24.6.